The lowest BCUT2D eigenvalue weighted by atomic mass is 10.0. The maximum Gasteiger partial charge on any atom is 0.190 e. The molecule has 3 aromatic rings. The first-order chi connectivity index (χ1) is 14.2. The zero-order chi connectivity index (χ0) is 21.6. The number of hydrogen-bond acceptors (Lipinski definition) is 4. The minimum Gasteiger partial charge on any atom is -0.396 e. The van der Waals surface area contributed by atoms with Crippen LogP contribution in [-0.2, 0) is 9.71 Å². The van der Waals surface area contributed by atoms with Crippen LogP contribution in [-0.4, -0.2) is 44.0 Å². The van der Waals surface area contributed by atoms with Gasteiger partial charge in [0.2, 0.25) is 0 Å². The molecule has 30 heavy (non-hydrogen) atoms. The van der Waals surface area contributed by atoms with Gasteiger partial charge >= 0.3 is 0 Å². The smallest absolute Gasteiger partial charge is 0.190 e. The van der Waals surface area contributed by atoms with Crippen LogP contribution in [0.15, 0.2) is 30.7 Å². The molecule has 2 aromatic heterocycles. The largest absolute Gasteiger partial charge is 0.396 e. The molecule has 2 atom stereocenters. The van der Waals surface area contributed by atoms with E-state index in [-0.39, 0.29) is 6.04 Å². The highest BCUT2D eigenvalue weighted by Crippen LogP contribution is 2.41. The number of hydrazine groups is 1. The number of pyridine rings is 1. The van der Waals surface area contributed by atoms with E-state index >= 15 is 0 Å². The summed E-state index contributed by atoms with van der Waals surface area (Å²) in [4.78, 5) is 10.9. The number of nitrogen functional groups attached to an aromatic ring is 1. The van der Waals surface area contributed by atoms with E-state index in [4.69, 9.17) is 23.9 Å². The summed E-state index contributed by atoms with van der Waals surface area (Å²) in [7, 11) is -2.33. The number of rotatable bonds is 4. The Balaban J connectivity index is 1.86. The Bertz CT molecular complexity index is 1290. The average molecular weight is 443 g/mol. The molecule has 1 aromatic carbocycles. The molecule has 0 bridgehead atoms. The molecule has 0 amide bonds. The van der Waals surface area contributed by atoms with E-state index in [9.17, 15) is 4.21 Å². The van der Waals surface area contributed by atoms with Crippen LogP contribution in [0.5, 0.6) is 0 Å². The molecule has 0 aliphatic carbocycles. The minimum absolute atomic E-state index is 0.168. The molecular weight excluding hydrogens is 420 g/mol. The number of nitrogens with two attached hydrogens (primary N) is 1. The molecule has 9 heteroatoms. The molecule has 0 spiro atoms. The third-order valence-electron chi connectivity index (χ3n) is 5.35. The van der Waals surface area contributed by atoms with Crippen molar-refractivity contribution in [3.63, 3.8) is 0 Å². The molecular formula is C21H23ClN6OS. The first-order valence-corrected chi connectivity index (χ1v) is 12.0. The van der Waals surface area contributed by atoms with Crippen molar-refractivity contribution in [1.29, 1.82) is 0 Å². The number of halogens is 1. The third kappa shape index (κ3) is 3.77. The van der Waals surface area contributed by atoms with E-state index < -0.39 is 9.71 Å². The lowest BCUT2D eigenvalue weighted by Crippen LogP contribution is -2.39. The van der Waals surface area contributed by atoms with Gasteiger partial charge in [-0.25, -0.2) is 9.85 Å². The van der Waals surface area contributed by atoms with Crippen molar-refractivity contribution < 1.29 is 4.21 Å². The summed E-state index contributed by atoms with van der Waals surface area (Å²) < 4.78 is 14.3. The molecule has 0 radical (unpaired) electrons. The molecule has 1 aliphatic heterocycles. The number of aromatic nitrogens is 2. The maximum absolute atomic E-state index is 12.0. The van der Waals surface area contributed by atoms with Gasteiger partial charge in [-0.2, -0.15) is 4.83 Å². The fraction of sp³-hybridized carbons (Fsp3) is 0.286. The Morgan fingerprint density at radius 3 is 2.87 bits per heavy atom. The van der Waals surface area contributed by atoms with Crippen molar-refractivity contribution in [2.75, 3.05) is 25.1 Å². The van der Waals surface area contributed by atoms with Crippen LogP contribution in [0.1, 0.15) is 18.0 Å². The summed E-state index contributed by atoms with van der Waals surface area (Å²) >= 11 is 6.51. The summed E-state index contributed by atoms with van der Waals surface area (Å²) in [5, 5.41) is 3.34. The monoisotopic (exact) mass is 442 g/mol. The average Bonchev–Trinajstić information content (AvgIpc) is 3.26. The number of hydrogen-bond donors (Lipinski definition) is 2. The fourth-order valence-corrected chi connectivity index (χ4v) is 4.91. The fourth-order valence-electron chi connectivity index (χ4n) is 4.00. The molecule has 4 rings (SSSR count). The van der Waals surface area contributed by atoms with Crippen LogP contribution in [0.4, 0.5) is 11.4 Å². The number of fused-ring (bicyclic) bond motifs is 1. The van der Waals surface area contributed by atoms with Crippen molar-refractivity contribution in [3.8, 4) is 11.1 Å². The van der Waals surface area contributed by atoms with Crippen molar-refractivity contribution in [1.82, 2.24) is 19.4 Å². The van der Waals surface area contributed by atoms with Gasteiger partial charge in [0.25, 0.3) is 0 Å². The van der Waals surface area contributed by atoms with Crippen LogP contribution in [0.3, 0.4) is 0 Å². The second-order valence-electron chi connectivity index (χ2n) is 7.79. The maximum atomic E-state index is 12.0. The summed E-state index contributed by atoms with van der Waals surface area (Å²) in [5.41, 5.74) is 10.6. The van der Waals surface area contributed by atoms with Crippen LogP contribution in [0, 0.1) is 13.5 Å². The van der Waals surface area contributed by atoms with Gasteiger partial charge in [-0.15, -0.1) is 0 Å². The van der Waals surface area contributed by atoms with Crippen molar-refractivity contribution in [2.45, 2.75) is 19.4 Å². The predicted molar refractivity (Wildman–Crippen MR) is 125 cm³/mol. The van der Waals surface area contributed by atoms with E-state index in [0.717, 1.165) is 40.6 Å². The van der Waals surface area contributed by atoms with Gasteiger partial charge in [0.1, 0.15) is 0 Å². The van der Waals surface area contributed by atoms with E-state index in [1.807, 2.05) is 24.1 Å². The lowest BCUT2D eigenvalue weighted by molar-refractivity contribution is 0.296. The lowest BCUT2D eigenvalue weighted by Gasteiger charge is -2.19. The second-order valence-corrected chi connectivity index (χ2v) is 10.4. The highest BCUT2D eigenvalue weighted by atomic mass is 35.5. The first kappa shape index (κ1) is 20.7. The van der Waals surface area contributed by atoms with Gasteiger partial charge in [-0.05, 0) is 42.3 Å². The van der Waals surface area contributed by atoms with Crippen LogP contribution < -0.4 is 10.6 Å². The molecule has 3 N–H and O–H groups in total. The Kier molecular flexibility index (Phi) is 5.24. The van der Waals surface area contributed by atoms with E-state index in [1.54, 1.807) is 12.5 Å². The van der Waals surface area contributed by atoms with Gasteiger partial charge in [0.05, 0.1) is 23.5 Å². The summed E-state index contributed by atoms with van der Waals surface area (Å²) in [6, 6.07) is 4.12. The summed E-state index contributed by atoms with van der Waals surface area (Å²) in [6.07, 6.45) is 7.77. The van der Waals surface area contributed by atoms with Gasteiger partial charge in [0.15, 0.2) is 5.69 Å². The number of nitrogens with one attached hydrogen (secondary N) is 1. The normalized spacial score (nSPS) is 19.1. The van der Waals surface area contributed by atoms with Gasteiger partial charge in [-0.1, -0.05) is 11.6 Å². The molecule has 156 valence electrons. The zero-order valence-corrected chi connectivity index (χ0v) is 18.4. The molecule has 1 fully saturated rings. The van der Waals surface area contributed by atoms with Crippen molar-refractivity contribution in [3.05, 3.63) is 52.7 Å². The number of nitrogens with zero attached hydrogens (tertiary/aromatic N) is 4. The first-order valence-electron chi connectivity index (χ1n) is 9.44. The van der Waals surface area contributed by atoms with E-state index in [2.05, 4.69) is 31.3 Å². The molecule has 0 saturated carbocycles. The standard InChI is InChI=1S/C21H23ClN6OS/c1-13-7-20-15(8-19(13)24-2)17(16-9-25-10-18(23)21(16)22)12-28(20)14-5-6-27(11-14)26-30(3,4)29/h7-10,12,14H,3,5-6,11,23H2,1,4H3,(H,26,29)/t14-,30?/m0/s1. The summed E-state index contributed by atoms with van der Waals surface area (Å²) in [5.74, 6) is 3.68. The topological polar surface area (TPSA) is 80.5 Å². The highest BCUT2D eigenvalue weighted by Gasteiger charge is 2.27. The number of benzene rings is 1. The molecule has 1 unspecified atom stereocenters. The minimum atomic E-state index is -2.33. The van der Waals surface area contributed by atoms with Gasteiger partial charge in [0, 0.05) is 64.1 Å². The Labute approximate surface area is 181 Å². The quantitative estimate of drug-likeness (QED) is 0.475. The highest BCUT2D eigenvalue weighted by molar-refractivity contribution is 7.97. The van der Waals surface area contributed by atoms with Crippen LogP contribution >= 0.6 is 11.6 Å². The SMILES string of the molecule is [C-]#[N+]c1cc2c(-c3cncc(N)c3Cl)cn([C@H]3CCN(NS(=C)(C)=O)C3)c2cc1C. The third-order valence-corrected chi connectivity index (χ3v) is 6.41. The second kappa shape index (κ2) is 7.60. The number of aryl methyl sites for hydroxylation is 1. The van der Waals surface area contributed by atoms with E-state index in [1.165, 1.54) is 6.20 Å². The summed E-state index contributed by atoms with van der Waals surface area (Å²) in [6.45, 7) is 10.9. The molecule has 3 heterocycles. The Hall–Kier alpha value is -2.57. The zero-order valence-electron chi connectivity index (χ0n) is 16.9. The molecule has 1 saturated heterocycles. The number of anilines is 1. The van der Waals surface area contributed by atoms with Gasteiger partial charge in [-0.3, -0.25) is 9.19 Å². The van der Waals surface area contributed by atoms with E-state index in [0.29, 0.717) is 22.9 Å². The van der Waals surface area contributed by atoms with Gasteiger partial charge < -0.3 is 10.3 Å². The Morgan fingerprint density at radius 1 is 1.40 bits per heavy atom. The van der Waals surface area contributed by atoms with Crippen molar-refractivity contribution >= 4 is 49.5 Å². The predicted octanol–water partition coefficient (Wildman–Crippen LogP) is 3.81. The molecule has 1 aliphatic rings. The van der Waals surface area contributed by atoms with Crippen molar-refractivity contribution in [2.24, 2.45) is 0 Å². The molecule has 7 nitrogen and oxygen atoms in total. The van der Waals surface area contributed by atoms with Crippen LogP contribution in [0.2, 0.25) is 5.02 Å². The Morgan fingerprint density at radius 2 is 2.17 bits per heavy atom. The van der Waals surface area contributed by atoms with Crippen LogP contribution in [0.25, 0.3) is 26.9 Å².